The summed E-state index contributed by atoms with van der Waals surface area (Å²) in [6.07, 6.45) is 1.67. The first-order chi connectivity index (χ1) is 7.63. The fourth-order valence-electron chi connectivity index (χ4n) is 1.30. The monoisotopic (exact) mass is 242 g/mol. The first kappa shape index (κ1) is 10.9. The topological polar surface area (TPSA) is 52.0 Å². The molecule has 0 unspecified atom stereocenters. The van der Waals surface area contributed by atoms with Gasteiger partial charge < -0.3 is 10.3 Å². The molecule has 0 aliphatic rings. The average molecular weight is 242 g/mol. The third kappa shape index (κ3) is 1.76. The van der Waals surface area contributed by atoms with Crippen LogP contribution in [0.2, 0.25) is 0 Å². The highest BCUT2D eigenvalue weighted by Crippen LogP contribution is 2.29. The van der Waals surface area contributed by atoms with E-state index >= 15 is 0 Å². The molecule has 0 bridgehead atoms. The number of nitrogens with two attached hydrogens (primary N) is 1. The Morgan fingerprint density at radius 1 is 1.31 bits per heavy atom. The van der Waals surface area contributed by atoms with Gasteiger partial charge >= 0.3 is 0 Å². The fraction of sp³-hybridized carbons (Fsp3) is 0.100. The van der Waals surface area contributed by atoms with Crippen molar-refractivity contribution >= 4 is 17.6 Å². The number of nitrogens with zero attached hydrogens (tertiary/aromatic N) is 1. The Balaban J connectivity index is 2.55. The molecule has 0 saturated heterocycles. The lowest BCUT2D eigenvalue weighted by Gasteiger charge is -2.03. The SMILES string of the molecule is CSc1ccc(-c2cc(N)on2)c(F)c1F. The van der Waals surface area contributed by atoms with Crippen molar-refractivity contribution in [1.29, 1.82) is 0 Å². The Labute approximate surface area is 94.6 Å². The fourth-order valence-corrected chi connectivity index (χ4v) is 1.78. The van der Waals surface area contributed by atoms with Gasteiger partial charge in [-0.15, -0.1) is 11.8 Å². The average Bonchev–Trinajstić information content (AvgIpc) is 2.69. The van der Waals surface area contributed by atoms with E-state index in [2.05, 4.69) is 9.68 Å². The van der Waals surface area contributed by atoms with Gasteiger partial charge in [0.15, 0.2) is 11.6 Å². The van der Waals surface area contributed by atoms with Gasteiger partial charge in [-0.05, 0) is 18.4 Å². The summed E-state index contributed by atoms with van der Waals surface area (Å²) in [5.74, 6) is -1.77. The van der Waals surface area contributed by atoms with Crippen LogP contribution in [0.3, 0.4) is 0 Å². The van der Waals surface area contributed by atoms with E-state index in [0.29, 0.717) is 0 Å². The zero-order valence-corrected chi connectivity index (χ0v) is 9.15. The Bertz CT molecular complexity index is 528. The summed E-state index contributed by atoms with van der Waals surface area (Å²) in [5, 5.41) is 3.53. The van der Waals surface area contributed by atoms with Crippen LogP contribution in [-0.2, 0) is 0 Å². The molecule has 16 heavy (non-hydrogen) atoms. The number of rotatable bonds is 2. The number of anilines is 1. The minimum absolute atomic E-state index is 0.0377. The summed E-state index contributed by atoms with van der Waals surface area (Å²) < 4.78 is 31.7. The molecule has 1 aromatic heterocycles. The minimum Gasteiger partial charge on any atom is -0.368 e. The van der Waals surface area contributed by atoms with Crippen molar-refractivity contribution < 1.29 is 13.3 Å². The first-order valence-corrected chi connectivity index (χ1v) is 5.60. The molecule has 0 fully saturated rings. The number of hydrogen-bond acceptors (Lipinski definition) is 4. The summed E-state index contributed by atoms with van der Waals surface area (Å²) in [4.78, 5) is 0.248. The van der Waals surface area contributed by atoms with E-state index in [1.807, 2.05) is 0 Å². The van der Waals surface area contributed by atoms with E-state index in [-0.39, 0.29) is 22.0 Å². The molecular formula is C10H8F2N2OS. The summed E-state index contributed by atoms with van der Waals surface area (Å²) >= 11 is 1.14. The Morgan fingerprint density at radius 3 is 2.62 bits per heavy atom. The van der Waals surface area contributed by atoms with E-state index in [1.54, 1.807) is 6.26 Å². The highest BCUT2D eigenvalue weighted by atomic mass is 32.2. The molecule has 3 nitrogen and oxygen atoms in total. The third-order valence-corrected chi connectivity index (χ3v) is 2.83. The molecule has 0 saturated carbocycles. The molecule has 2 rings (SSSR count). The molecular weight excluding hydrogens is 234 g/mol. The molecule has 0 aliphatic heterocycles. The van der Waals surface area contributed by atoms with Crippen LogP contribution in [0.5, 0.6) is 0 Å². The number of aromatic nitrogens is 1. The predicted octanol–water partition coefficient (Wildman–Crippen LogP) is 2.92. The van der Waals surface area contributed by atoms with Crippen LogP contribution in [-0.4, -0.2) is 11.4 Å². The number of thioether (sulfide) groups is 1. The molecule has 0 amide bonds. The van der Waals surface area contributed by atoms with E-state index in [1.165, 1.54) is 18.2 Å². The minimum atomic E-state index is -0.944. The van der Waals surface area contributed by atoms with Gasteiger partial charge in [-0.3, -0.25) is 0 Å². The maximum Gasteiger partial charge on any atom is 0.222 e. The van der Waals surface area contributed by atoms with Crippen molar-refractivity contribution in [3.05, 3.63) is 29.8 Å². The summed E-state index contributed by atoms with van der Waals surface area (Å²) in [5.41, 5.74) is 5.53. The van der Waals surface area contributed by atoms with Gasteiger partial charge in [0.1, 0.15) is 5.69 Å². The summed E-state index contributed by atoms with van der Waals surface area (Å²) in [6, 6.07) is 4.28. The van der Waals surface area contributed by atoms with Crippen LogP contribution in [0.25, 0.3) is 11.3 Å². The van der Waals surface area contributed by atoms with Crippen LogP contribution in [0.4, 0.5) is 14.7 Å². The Morgan fingerprint density at radius 2 is 2.06 bits per heavy atom. The number of halogens is 2. The first-order valence-electron chi connectivity index (χ1n) is 4.38. The summed E-state index contributed by atoms with van der Waals surface area (Å²) in [7, 11) is 0. The molecule has 0 radical (unpaired) electrons. The molecule has 1 aromatic carbocycles. The zero-order chi connectivity index (χ0) is 11.7. The molecule has 6 heteroatoms. The molecule has 2 N–H and O–H groups in total. The van der Waals surface area contributed by atoms with Crippen LogP contribution in [0.15, 0.2) is 27.6 Å². The quantitative estimate of drug-likeness (QED) is 0.822. The van der Waals surface area contributed by atoms with Crippen molar-refractivity contribution in [2.75, 3.05) is 12.0 Å². The smallest absolute Gasteiger partial charge is 0.222 e. The van der Waals surface area contributed by atoms with Gasteiger partial charge in [0.05, 0.1) is 0 Å². The largest absolute Gasteiger partial charge is 0.368 e. The van der Waals surface area contributed by atoms with Crippen LogP contribution in [0, 0.1) is 11.6 Å². The van der Waals surface area contributed by atoms with Gasteiger partial charge in [0.25, 0.3) is 0 Å². The van der Waals surface area contributed by atoms with E-state index < -0.39 is 11.6 Å². The normalized spacial score (nSPS) is 10.7. The maximum atomic E-state index is 13.6. The van der Waals surface area contributed by atoms with Gasteiger partial charge in [0, 0.05) is 16.5 Å². The van der Waals surface area contributed by atoms with Crippen LogP contribution in [0.1, 0.15) is 0 Å². The zero-order valence-electron chi connectivity index (χ0n) is 8.33. The Kier molecular flexibility index (Phi) is 2.82. The number of nitrogen functional groups attached to an aromatic ring is 1. The number of hydrogen-bond donors (Lipinski definition) is 1. The third-order valence-electron chi connectivity index (χ3n) is 2.07. The molecule has 2 aromatic rings. The second-order valence-electron chi connectivity index (χ2n) is 3.06. The second-order valence-corrected chi connectivity index (χ2v) is 3.91. The van der Waals surface area contributed by atoms with E-state index in [4.69, 9.17) is 5.73 Å². The molecule has 0 atom stereocenters. The molecule has 1 heterocycles. The van der Waals surface area contributed by atoms with Crippen molar-refractivity contribution in [1.82, 2.24) is 5.16 Å². The van der Waals surface area contributed by atoms with Crippen molar-refractivity contribution in [3.63, 3.8) is 0 Å². The van der Waals surface area contributed by atoms with E-state index in [9.17, 15) is 8.78 Å². The molecule has 0 aliphatic carbocycles. The van der Waals surface area contributed by atoms with Crippen LogP contribution < -0.4 is 5.73 Å². The molecule has 84 valence electrons. The lowest BCUT2D eigenvalue weighted by atomic mass is 10.1. The Hall–Kier alpha value is -1.56. The van der Waals surface area contributed by atoms with Crippen LogP contribution >= 0.6 is 11.8 Å². The van der Waals surface area contributed by atoms with Gasteiger partial charge in [0.2, 0.25) is 5.88 Å². The molecule has 0 spiro atoms. The van der Waals surface area contributed by atoms with Crippen molar-refractivity contribution in [3.8, 4) is 11.3 Å². The lowest BCUT2D eigenvalue weighted by molar-refractivity contribution is 0.437. The maximum absolute atomic E-state index is 13.6. The van der Waals surface area contributed by atoms with Crippen molar-refractivity contribution in [2.24, 2.45) is 0 Å². The number of benzene rings is 1. The predicted molar refractivity (Wildman–Crippen MR) is 58.0 cm³/mol. The van der Waals surface area contributed by atoms with E-state index in [0.717, 1.165) is 11.8 Å². The van der Waals surface area contributed by atoms with Gasteiger partial charge in [-0.1, -0.05) is 5.16 Å². The van der Waals surface area contributed by atoms with Gasteiger partial charge in [-0.25, -0.2) is 8.78 Å². The highest BCUT2D eigenvalue weighted by Gasteiger charge is 2.16. The lowest BCUT2D eigenvalue weighted by Crippen LogP contribution is -1.92. The highest BCUT2D eigenvalue weighted by molar-refractivity contribution is 7.98. The van der Waals surface area contributed by atoms with Gasteiger partial charge in [-0.2, -0.15) is 0 Å². The summed E-state index contributed by atoms with van der Waals surface area (Å²) in [6.45, 7) is 0. The standard InChI is InChI=1S/C10H8F2N2OS/c1-16-7-3-2-5(9(11)10(7)12)6-4-8(13)15-14-6/h2-4H,13H2,1H3. The van der Waals surface area contributed by atoms with Crippen molar-refractivity contribution in [2.45, 2.75) is 4.90 Å². The second kappa shape index (κ2) is 4.13.